The number of hydrogen-bond acceptors (Lipinski definition) is 2. The number of benzene rings is 1. The summed E-state index contributed by atoms with van der Waals surface area (Å²) in [6.07, 6.45) is 1.71. The van der Waals surface area contributed by atoms with Gasteiger partial charge in [-0.15, -0.1) is 0 Å². The van der Waals surface area contributed by atoms with Crippen molar-refractivity contribution in [3.05, 3.63) is 40.5 Å². The third kappa shape index (κ3) is 1.75. The highest BCUT2D eigenvalue weighted by molar-refractivity contribution is 5.79. The van der Waals surface area contributed by atoms with Crippen molar-refractivity contribution in [3.63, 3.8) is 0 Å². The molecule has 2 rings (SSSR count). The molecule has 0 radical (unpaired) electrons. The lowest BCUT2D eigenvalue weighted by Gasteiger charge is -2.13. The van der Waals surface area contributed by atoms with Crippen LogP contribution in [0.25, 0.3) is 5.57 Å². The van der Waals surface area contributed by atoms with Crippen molar-refractivity contribution < 1.29 is 0 Å². The second-order valence-corrected chi connectivity index (χ2v) is 4.47. The van der Waals surface area contributed by atoms with Crippen LogP contribution in [0.2, 0.25) is 0 Å². The lowest BCUT2D eigenvalue weighted by atomic mass is 9.94. The summed E-state index contributed by atoms with van der Waals surface area (Å²) in [5.74, 6) is 0. The lowest BCUT2D eigenvalue weighted by Crippen LogP contribution is -2.18. The Morgan fingerprint density at radius 3 is 2.75 bits per heavy atom. The van der Waals surface area contributed by atoms with Crippen LogP contribution in [0.1, 0.15) is 29.5 Å². The van der Waals surface area contributed by atoms with Crippen LogP contribution >= 0.6 is 0 Å². The molecule has 1 atom stereocenters. The minimum Gasteiger partial charge on any atom is -0.324 e. The van der Waals surface area contributed by atoms with E-state index in [1.54, 1.807) is 0 Å². The number of nitrogens with two attached hydrogens (primary N) is 1. The third-order valence-corrected chi connectivity index (χ3v) is 3.21. The third-order valence-electron chi connectivity index (χ3n) is 3.21. The Bertz CT molecular complexity index is 492. The molecule has 0 fully saturated rings. The molecule has 0 bridgehead atoms. The average molecular weight is 212 g/mol. The van der Waals surface area contributed by atoms with Crippen LogP contribution in [0.15, 0.2) is 23.8 Å². The monoisotopic (exact) mass is 212 g/mol. The average Bonchev–Trinajstić information content (AvgIpc) is 2.60. The number of rotatable bonds is 1. The topological polar surface area (TPSA) is 49.8 Å². The van der Waals surface area contributed by atoms with Crippen LogP contribution in [-0.4, -0.2) is 6.04 Å². The van der Waals surface area contributed by atoms with E-state index in [9.17, 15) is 0 Å². The Balaban J connectivity index is 2.56. The summed E-state index contributed by atoms with van der Waals surface area (Å²) in [4.78, 5) is 0. The molecular formula is C14H16N2. The molecule has 1 aliphatic carbocycles. The van der Waals surface area contributed by atoms with Gasteiger partial charge in [-0.05, 0) is 43.4 Å². The molecule has 16 heavy (non-hydrogen) atoms. The van der Waals surface area contributed by atoms with E-state index in [1.165, 1.54) is 11.1 Å². The smallest absolute Gasteiger partial charge is 0.0950 e. The number of nitriles is 1. The minimum atomic E-state index is 0.0241. The van der Waals surface area contributed by atoms with Crippen LogP contribution in [0.4, 0.5) is 0 Å². The molecule has 2 nitrogen and oxygen atoms in total. The molecule has 0 saturated carbocycles. The fourth-order valence-electron chi connectivity index (χ4n) is 2.40. The van der Waals surface area contributed by atoms with Crippen molar-refractivity contribution in [1.29, 1.82) is 5.26 Å². The van der Waals surface area contributed by atoms with E-state index in [-0.39, 0.29) is 6.04 Å². The summed E-state index contributed by atoms with van der Waals surface area (Å²) in [5.41, 5.74) is 11.6. The number of nitrogens with zero attached hydrogens (tertiary/aromatic N) is 1. The van der Waals surface area contributed by atoms with E-state index in [4.69, 9.17) is 11.0 Å². The standard InChI is InChI=1S/C14H16N2/c1-9-3-5-12(10(2)7-9)14-11(8-15)4-6-13(14)16/h3,5,7,13H,4,6,16H2,1-2H3. The molecule has 1 aromatic rings. The molecule has 2 heteroatoms. The number of hydrogen-bond donors (Lipinski definition) is 1. The highest BCUT2D eigenvalue weighted by Crippen LogP contribution is 2.34. The zero-order valence-corrected chi connectivity index (χ0v) is 9.75. The van der Waals surface area contributed by atoms with Gasteiger partial charge in [0.1, 0.15) is 0 Å². The quantitative estimate of drug-likeness (QED) is 0.778. The van der Waals surface area contributed by atoms with Crippen molar-refractivity contribution in [2.45, 2.75) is 32.7 Å². The van der Waals surface area contributed by atoms with Gasteiger partial charge in [0.05, 0.1) is 6.07 Å². The van der Waals surface area contributed by atoms with E-state index in [2.05, 4.69) is 38.1 Å². The fourth-order valence-corrected chi connectivity index (χ4v) is 2.40. The zero-order chi connectivity index (χ0) is 11.7. The maximum atomic E-state index is 9.10. The maximum absolute atomic E-state index is 9.10. The van der Waals surface area contributed by atoms with Crippen LogP contribution < -0.4 is 5.73 Å². The van der Waals surface area contributed by atoms with Crippen molar-refractivity contribution in [3.8, 4) is 6.07 Å². The Morgan fingerprint density at radius 1 is 1.38 bits per heavy atom. The normalized spacial score (nSPS) is 20.0. The molecule has 0 heterocycles. The first-order valence-electron chi connectivity index (χ1n) is 5.60. The molecule has 82 valence electrons. The molecule has 0 aliphatic heterocycles. The van der Waals surface area contributed by atoms with Gasteiger partial charge in [-0.1, -0.05) is 23.8 Å². The summed E-state index contributed by atoms with van der Waals surface area (Å²) < 4.78 is 0. The van der Waals surface area contributed by atoms with Crippen LogP contribution in [-0.2, 0) is 0 Å². The Morgan fingerprint density at radius 2 is 2.12 bits per heavy atom. The molecule has 2 N–H and O–H groups in total. The van der Waals surface area contributed by atoms with E-state index in [0.717, 1.165) is 29.6 Å². The molecule has 0 saturated heterocycles. The van der Waals surface area contributed by atoms with Crippen molar-refractivity contribution in [2.24, 2.45) is 5.73 Å². The minimum absolute atomic E-state index is 0.0241. The first-order chi connectivity index (χ1) is 7.63. The summed E-state index contributed by atoms with van der Waals surface area (Å²) in [7, 11) is 0. The zero-order valence-electron chi connectivity index (χ0n) is 9.75. The predicted molar refractivity (Wildman–Crippen MR) is 65.7 cm³/mol. The van der Waals surface area contributed by atoms with Gasteiger partial charge in [0.25, 0.3) is 0 Å². The van der Waals surface area contributed by atoms with Crippen LogP contribution in [0.5, 0.6) is 0 Å². The van der Waals surface area contributed by atoms with Crippen molar-refractivity contribution in [2.75, 3.05) is 0 Å². The van der Waals surface area contributed by atoms with Gasteiger partial charge in [-0.3, -0.25) is 0 Å². The molecule has 0 amide bonds. The highest BCUT2D eigenvalue weighted by Gasteiger charge is 2.24. The van der Waals surface area contributed by atoms with Crippen molar-refractivity contribution >= 4 is 5.57 Å². The summed E-state index contributed by atoms with van der Waals surface area (Å²) in [6.45, 7) is 4.15. The largest absolute Gasteiger partial charge is 0.324 e. The SMILES string of the molecule is Cc1ccc(C2=C(C#N)CCC2N)c(C)c1. The second-order valence-electron chi connectivity index (χ2n) is 4.47. The van der Waals surface area contributed by atoms with Gasteiger partial charge in [0.2, 0.25) is 0 Å². The van der Waals surface area contributed by atoms with Gasteiger partial charge < -0.3 is 5.73 Å². The fraction of sp³-hybridized carbons (Fsp3) is 0.357. The molecule has 1 aliphatic rings. The molecular weight excluding hydrogens is 196 g/mol. The van der Waals surface area contributed by atoms with Gasteiger partial charge in [0.15, 0.2) is 0 Å². The molecule has 0 aromatic heterocycles. The highest BCUT2D eigenvalue weighted by atomic mass is 14.7. The van der Waals surface area contributed by atoms with Crippen LogP contribution in [0.3, 0.4) is 0 Å². The first-order valence-corrected chi connectivity index (χ1v) is 5.60. The molecule has 0 spiro atoms. The Kier molecular flexibility index (Phi) is 2.80. The number of allylic oxidation sites excluding steroid dienone is 1. The Hall–Kier alpha value is -1.59. The van der Waals surface area contributed by atoms with Gasteiger partial charge in [-0.25, -0.2) is 0 Å². The maximum Gasteiger partial charge on any atom is 0.0950 e. The lowest BCUT2D eigenvalue weighted by molar-refractivity contribution is 0.786. The summed E-state index contributed by atoms with van der Waals surface area (Å²) in [6, 6.07) is 8.61. The van der Waals surface area contributed by atoms with Crippen LogP contribution in [0, 0.1) is 25.2 Å². The van der Waals surface area contributed by atoms with E-state index in [0.29, 0.717) is 0 Å². The molecule has 1 aromatic carbocycles. The second kappa shape index (κ2) is 4.11. The van der Waals surface area contributed by atoms with E-state index in [1.807, 2.05) is 0 Å². The summed E-state index contributed by atoms with van der Waals surface area (Å²) in [5, 5.41) is 9.10. The predicted octanol–water partition coefficient (Wildman–Crippen LogP) is 2.70. The van der Waals surface area contributed by atoms with Gasteiger partial charge in [0, 0.05) is 11.6 Å². The van der Waals surface area contributed by atoms with Crippen molar-refractivity contribution in [1.82, 2.24) is 0 Å². The first kappa shape index (κ1) is 10.9. The number of aryl methyl sites for hydroxylation is 2. The molecule has 1 unspecified atom stereocenters. The van der Waals surface area contributed by atoms with E-state index >= 15 is 0 Å². The summed E-state index contributed by atoms with van der Waals surface area (Å²) >= 11 is 0. The van der Waals surface area contributed by atoms with E-state index < -0.39 is 0 Å². The van der Waals surface area contributed by atoms with Gasteiger partial charge in [-0.2, -0.15) is 5.26 Å². The van der Waals surface area contributed by atoms with Gasteiger partial charge >= 0.3 is 0 Å². The Labute approximate surface area is 96.4 Å².